The number of aromatic nitrogens is 1. The number of hydrogen-bond donors (Lipinski definition) is 0. The Morgan fingerprint density at radius 2 is 2.25 bits per heavy atom. The molecule has 0 amide bonds. The first-order valence-corrected chi connectivity index (χ1v) is 5.77. The number of carbonyl (C=O) groups is 1. The first kappa shape index (κ1) is 11.1. The largest absolute Gasteiger partial charge is 0.426 e. The van der Waals surface area contributed by atoms with Gasteiger partial charge in [0, 0.05) is 10.9 Å². The lowest BCUT2D eigenvalue weighted by Crippen LogP contribution is -2.21. The van der Waals surface area contributed by atoms with Crippen molar-refractivity contribution < 1.29 is 9.21 Å². The van der Waals surface area contributed by atoms with Crippen LogP contribution in [0.2, 0.25) is 0 Å². The lowest BCUT2D eigenvalue weighted by Gasteiger charge is -1.98. The van der Waals surface area contributed by atoms with Gasteiger partial charge in [-0.1, -0.05) is 22.9 Å². The van der Waals surface area contributed by atoms with Gasteiger partial charge in [0.1, 0.15) is 0 Å². The molecule has 0 saturated carbocycles. The van der Waals surface area contributed by atoms with Gasteiger partial charge in [0.25, 0.3) is 0 Å². The predicted molar refractivity (Wildman–Crippen MR) is 63.7 cm³/mol. The van der Waals surface area contributed by atoms with Gasteiger partial charge in [-0.25, -0.2) is 9.36 Å². The summed E-state index contributed by atoms with van der Waals surface area (Å²) in [5.41, 5.74) is 0.940. The van der Waals surface area contributed by atoms with Crippen LogP contribution >= 0.6 is 15.9 Å². The summed E-state index contributed by atoms with van der Waals surface area (Å²) in [6.45, 7) is 1.89. The van der Waals surface area contributed by atoms with Crippen molar-refractivity contribution in [3.8, 4) is 0 Å². The highest BCUT2D eigenvalue weighted by Gasteiger charge is 2.15. The predicted octanol–water partition coefficient (Wildman–Crippen LogP) is 2.80. The molecule has 84 valence electrons. The van der Waals surface area contributed by atoms with Crippen LogP contribution in [0.3, 0.4) is 0 Å². The zero-order chi connectivity index (χ0) is 11.7. The SMILES string of the molecule is CCCC(=O)n1c(=O)oc2ccc(Br)cc21. The quantitative estimate of drug-likeness (QED) is 0.852. The van der Waals surface area contributed by atoms with Crippen LogP contribution < -0.4 is 5.76 Å². The first-order chi connectivity index (χ1) is 7.63. The molecule has 0 bridgehead atoms. The van der Waals surface area contributed by atoms with Crippen molar-refractivity contribution in [1.82, 2.24) is 4.57 Å². The second-order valence-electron chi connectivity index (χ2n) is 3.46. The van der Waals surface area contributed by atoms with E-state index in [1.807, 2.05) is 6.92 Å². The molecule has 0 aliphatic rings. The molecule has 0 N–H and O–H groups in total. The van der Waals surface area contributed by atoms with Crippen LogP contribution in [0.15, 0.2) is 31.9 Å². The number of fused-ring (bicyclic) bond motifs is 1. The van der Waals surface area contributed by atoms with E-state index in [9.17, 15) is 9.59 Å². The summed E-state index contributed by atoms with van der Waals surface area (Å²) >= 11 is 3.30. The van der Waals surface area contributed by atoms with Gasteiger partial charge < -0.3 is 4.42 Å². The number of rotatable bonds is 2. The third kappa shape index (κ3) is 1.82. The number of oxazole rings is 1. The molecule has 0 aliphatic carbocycles. The van der Waals surface area contributed by atoms with Crippen molar-refractivity contribution in [3.63, 3.8) is 0 Å². The minimum atomic E-state index is -0.619. The van der Waals surface area contributed by atoms with Gasteiger partial charge in [-0.3, -0.25) is 4.79 Å². The average Bonchev–Trinajstić information content (AvgIpc) is 2.53. The molecule has 0 spiro atoms. The van der Waals surface area contributed by atoms with E-state index in [1.54, 1.807) is 18.2 Å². The van der Waals surface area contributed by atoms with Crippen molar-refractivity contribution in [1.29, 1.82) is 0 Å². The van der Waals surface area contributed by atoms with Crippen molar-refractivity contribution in [2.75, 3.05) is 0 Å². The molecular formula is C11H10BrNO3. The zero-order valence-corrected chi connectivity index (χ0v) is 10.3. The molecule has 2 rings (SSSR count). The van der Waals surface area contributed by atoms with Crippen LogP contribution in [0.1, 0.15) is 24.6 Å². The zero-order valence-electron chi connectivity index (χ0n) is 8.70. The summed E-state index contributed by atoms with van der Waals surface area (Å²) in [7, 11) is 0. The van der Waals surface area contributed by atoms with Crippen LogP contribution in [0, 0.1) is 0 Å². The summed E-state index contributed by atoms with van der Waals surface area (Å²) in [4.78, 5) is 23.3. The Kier molecular flexibility index (Phi) is 2.96. The highest BCUT2D eigenvalue weighted by molar-refractivity contribution is 9.10. The molecule has 0 aliphatic heterocycles. The Morgan fingerprint density at radius 3 is 2.94 bits per heavy atom. The fraction of sp³-hybridized carbons (Fsp3) is 0.273. The number of nitrogens with zero attached hydrogens (tertiary/aromatic N) is 1. The van der Waals surface area contributed by atoms with Crippen molar-refractivity contribution in [2.24, 2.45) is 0 Å². The van der Waals surface area contributed by atoms with Gasteiger partial charge in [-0.05, 0) is 24.6 Å². The standard InChI is InChI=1S/C11H10BrNO3/c1-2-3-10(14)13-8-6-7(12)4-5-9(8)16-11(13)15/h4-6H,2-3H2,1H3. The average molecular weight is 284 g/mol. The summed E-state index contributed by atoms with van der Waals surface area (Å²) in [6.07, 6.45) is 1.03. The smallest absolute Gasteiger partial charge is 0.407 e. The van der Waals surface area contributed by atoms with E-state index in [1.165, 1.54) is 0 Å². The summed E-state index contributed by atoms with van der Waals surface area (Å²) in [5.74, 6) is -0.851. The molecule has 0 radical (unpaired) electrons. The summed E-state index contributed by atoms with van der Waals surface area (Å²) in [6, 6.07) is 5.13. The number of hydrogen-bond acceptors (Lipinski definition) is 3. The van der Waals surface area contributed by atoms with Gasteiger partial charge in [0.2, 0.25) is 5.91 Å². The Hall–Kier alpha value is -1.36. The van der Waals surface area contributed by atoms with Gasteiger partial charge >= 0.3 is 5.76 Å². The third-order valence-electron chi connectivity index (χ3n) is 2.25. The lowest BCUT2D eigenvalue weighted by molar-refractivity contribution is 0.0898. The molecule has 0 saturated heterocycles. The monoisotopic (exact) mass is 283 g/mol. The summed E-state index contributed by atoms with van der Waals surface area (Å²) in [5, 5.41) is 0. The number of benzene rings is 1. The molecule has 16 heavy (non-hydrogen) atoms. The Labute approximate surface area is 100.0 Å². The molecule has 4 nitrogen and oxygen atoms in total. The highest BCUT2D eigenvalue weighted by Crippen LogP contribution is 2.19. The van der Waals surface area contributed by atoms with E-state index in [0.717, 1.165) is 9.04 Å². The maximum atomic E-state index is 11.7. The molecule has 1 aromatic carbocycles. The summed E-state index contributed by atoms with van der Waals surface area (Å²) < 4.78 is 6.88. The topological polar surface area (TPSA) is 52.2 Å². The fourth-order valence-electron chi connectivity index (χ4n) is 1.55. The van der Waals surface area contributed by atoms with Crippen LogP contribution in [-0.2, 0) is 0 Å². The molecule has 1 heterocycles. The molecule has 1 aromatic heterocycles. The Bertz CT molecular complexity index is 597. The van der Waals surface area contributed by atoms with E-state index in [2.05, 4.69) is 15.9 Å². The molecule has 0 unspecified atom stereocenters. The highest BCUT2D eigenvalue weighted by atomic mass is 79.9. The fourth-order valence-corrected chi connectivity index (χ4v) is 1.90. The minimum absolute atomic E-state index is 0.232. The lowest BCUT2D eigenvalue weighted by atomic mass is 10.3. The van der Waals surface area contributed by atoms with E-state index in [0.29, 0.717) is 23.9 Å². The van der Waals surface area contributed by atoms with Crippen LogP contribution in [-0.4, -0.2) is 10.5 Å². The first-order valence-electron chi connectivity index (χ1n) is 4.97. The Balaban J connectivity index is 2.67. The molecule has 0 atom stereocenters. The van der Waals surface area contributed by atoms with Crippen molar-refractivity contribution in [2.45, 2.75) is 19.8 Å². The second kappa shape index (κ2) is 4.25. The number of halogens is 1. The van der Waals surface area contributed by atoms with Gasteiger partial charge in [0.05, 0.1) is 5.52 Å². The van der Waals surface area contributed by atoms with E-state index in [-0.39, 0.29) is 5.91 Å². The minimum Gasteiger partial charge on any atom is -0.407 e. The van der Waals surface area contributed by atoms with Crippen molar-refractivity contribution >= 4 is 32.9 Å². The second-order valence-corrected chi connectivity index (χ2v) is 4.37. The maximum absolute atomic E-state index is 11.7. The van der Waals surface area contributed by atoms with E-state index >= 15 is 0 Å². The normalized spacial score (nSPS) is 10.9. The molecule has 5 heteroatoms. The van der Waals surface area contributed by atoms with Crippen molar-refractivity contribution in [3.05, 3.63) is 33.2 Å². The Morgan fingerprint density at radius 1 is 1.50 bits per heavy atom. The maximum Gasteiger partial charge on any atom is 0.426 e. The molecule has 0 fully saturated rings. The molecule has 2 aromatic rings. The van der Waals surface area contributed by atoms with Gasteiger partial charge in [-0.15, -0.1) is 0 Å². The molecular weight excluding hydrogens is 274 g/mol. The van der Waals surface area contributed by atoms with Crippen LogP contribution in [0.25, 0.3) is 11.1 Å². The third-order valence-corrected chi connectivity index (χ3v) is 2.75. The van der Waals surface area contributed by atoms with Crippen LogP contribution in [0.5, 0.6) is 0 Å². The van der Waals surface area contributed by atoms with Gasteiger partial charge in [-0.2, -0.15) is 0 Å². The van der Waals surface area contributed by atoms with E-state index in [4.69, 9.17) is 4.42 Å². The number of carbonyl (C=O) groups excluding carboxylic acids is 1. The van der Waals surface area contributed by atoms with E-state index < -0.39 is 5.76 Å². The van der Waals surface area contributed by atoms with Crippen LogP contribution in [0.4, 0.5) is 0 Å². The van der Waals surface area contributed by atoms with Gasteiger partial charge in [0.15, 0.2) is 5.58 Å².